The molecule has 0 fully saturated rings. The maximum absolute atomic E-state index is 10.9. The summed E-state index contributed by atoms with van der Waals surface area (Å²) in [4.78, 5) is 10.9. The SMILES string of the molecule is O=C1C=C(Cl)[C@@H](c2cccc(Cl)c2)N=N1. The maximum atomic E-state index is 10.9. The van der Waals surface area contributed by atoms with Crippen molar-refractivity contribution in [3.05, 3.63) is 46.0 Å². The molecule has 1 aromatic rings. The van der Waals surface area contributed by atoms with E-state index in [0.29, 0.717) is 10.1 Å². The van der Waals surface area contributed by atoms with Crippen molar-refractivity contribution in [3.63, 3.8) is 0 Å². The van der Waals surface area contributed by atoms with Crippen LogP contribution in [0.5, 0.6) is 0 Å². The third kappa shape index (κ3) is 2.25. The molecule has 3 nitrogen and oxygen atoms in total. The summed E-state index contributed by atoms with van der Waals surface area (Å²) < 4.78 is 0. The lowest BCUT2D eigenvalue weighted by Crippen LogP contribution is -2.03. The molecule has 0 bridgehead atoms. The zero-order valence-corrected chi connectivity index (χ0v) is 9.03. The molecule has 15 heavy (non-hydrogen) atoms. The lowest BCUT2D eigenvalue weighted by molar-refractivity contribution is -0.114. The Balaban J connectivity index is 2.36. The summed E-state index contributed by atoms with van der Waals surface area (Å²) in [6.45, 7) is 0. The Labute approximate surface area is 96.4 Å². The van der Waals surface area contributed by atoms with E-state index in [0.717, 1.165) is 5.56 Å². The molecule has 0 N–H and O–H groups in total. The maximum Gasteiger partial charge on any atom is 0.289 e. The van der Waals surface area contributed by atoms with Crippen molar-refractivity contribution in [2.45, 2.75) is 6.04 Å². The number of carbonyl (C=O) groups is 1. The van der Waals surface area contributed by atoms with E-state index in [2.05, 4.69) is 10.2 Å². The van der Waals surface area contributed by atoms with Crippen molar-refractivity contribution < 1.29 is 4.79 Å². The molecule has 1 aliphatic rings. The van der Waals surface area contributed by atoms with Gasteiger partial charge < -0.3 is 0 Å². The van der Waals surface area contributed by atoms with Gasteiger partial charge in [-0.25, -0.2) is 0 Å². The molecule has 1 atom stereocenters. The minimum Gasteiger partial charge on any atom is -0.266 e. The van der Waals surface area contributed by atoms with Crippen LogP contribution in [0.15, 0.2) is 45.6 Å². The van der Waals surface area contributed by atoms with E-state index < -0.39 is 11.9 Å². The highest BCUT2D eigenvalue weighted by Gasteiger charge is 2.19. The van der Waals surface area contributed by atoms with Crippen LogP contribution in [0.1, 0.15) is 11.6 Å². The molecule has 1 aromatic carbocycles. The summed E-state index contributed by atoms with van der Waals surface area (Å²) in [5, 5.41) is 8.23. The number of amides is 1. The molecule has 5 heteroatoms. The van der Waals surface area contributed by atoms with Crippen LogP contribution in [0.4, 0.5) is 0 Å². The average molecular weight is 241 g/mol. The molecule has 1 heterocycles. The first-order valence-corrected chi connectivity index (χ1v) is 5.00. The second-order valence-electron chi connectivity index (χ2n) is 3.04. The average Bonchev–Trinajstić information content (AvgIpc) is 2.17. The molecule has 0 aromatic heterocycles. The van der Waals surface area contributed by atoms with Crippen LogP contribution >= 0.6 is 23.2 Å². The molecule has 2 rings (SSSR count). The molecular weight excluding hydrogens is 235 g/mol. The van der Waals surface area contributed by atoms with E-state index in [1.54, 1.807) is 18.2 Å². The van der Waals surface area contributed by atoms with Crippen molar-refractivity contribution in [1.29, 1.82) is 0 Å². The zero-order chi connectivity index (χ0) is 10.8. The minimum absolute atomic E-state index is 0.359. The Morgan fingerprint density at radius 2 is 2.07 bits per heavy atom. The number of rotatable bonds is 1. The molecule has 1 aliphatic heterocycles. The predicted molar refractivity (Wildman–Crippen MR) is 58.0 cm³/mol. The highest BCUT2D eigenvalue weighted by atomic mass is 35.5. The summed E-state index contributed by atoms with van der Waals surface area (Å²) in [6, 6.07) is 6.73. The molecule has 76 valence electrons. The van der Waals surface area contributed by atoms with Gasteiger partial charge in [-0.05, 0) is 17.7 Å². The highest BCUT2D eigenvalue weighted by Crippen LogP contribution is 2.32. The van der Waals surface area contributed by atoms with Gasteiger partial charge in [-0.3, -0.25) is 4.79 Å². The van der Waals surface area contributed by atoms with E-state index in [1.165, 1.54) is 6.08 Å². The molecule has 0 unspecified atom stereocenters. The fourth-order valence-electron chi connectivity index (χ4n) is 1.30. The first-order chi connectivity index (χ1) is 7.16. The van der Waals surface area contributed by atoms with Crippen LogP contribution in [0.25, 0.3) is 0 Å². The fourth-order valence-corrected chi connectivity index (χ4v) is 1.76. The molecule has 0 radical (unpaired) electrons. The van der Waals surface area contributed by atoms with Crippen LogP contribution in [-0.2, 0) is 4.79 Å². The molecule has 0 saturated heterocycles. The zero-order valence-electron chi connectivity index (χ0n) is 7.52. The van der Waals surface area contributed by atoms with Gasteiger partial charge >= 0.3 is 0 Å². The van der Waals surface area contributed by atoms with Crippen LogP contribution in [0.2, 0.25) is 5.02 Å². The predicted octanol–water partition coefficient (Wildman–Crippen LogP) is 3.50. The number of hydrogen-bond donors (Lipinski definition) is 0. The molecular formula is C10H6Cl2N2O. The van der Waals surface area contributed by atoms with Gasteiger partial charge in [-0.1, -0.05) is 35.3 Å². The lowest BCUT2D eigenvalue weighted by atomic mass is 10.1. The number of halogens is 2. The number of benzene rings is 1. The lowest BCUT2D eigenvalue weighted by Gasteiger charge is -2.12. The van der Waals surface area contributed by atoms with Crippen LogP contribution in [0, 0.1) is 0 Å². The number of carbonyl (C=O) groups excluding carboxylic acids is 1. The summed E-state index contributed by atoms with van der Waals surface area (Å²) >= 11 is 11.7. The summed E-state index contributed by atoms with van der Waals surface area (Å²) in [6.07, 6.45) is 1.26. The fraction of sp³-hybridized carbons (Fsp3) is 0.100. The Kier molecular flexibility index (Phi) is 2.84. The summed E-state index contributed by atoms with van der Waals surface area (Å²) in [5.74, 6) is -0.432. The van der Waals surface area contributed by atoms with Crippen molar-refractivity contribution in [2.75, 3.05) is 0 Å². The van der Waals surface area contributed by atoms with Crippen LogP contribution in [-0.4, -0.2) is 5.91 Å². The normalized spacial score (nSPS) is 20.3. The summed E-state index contributed by atoms with van der Waals surface area (Å²) in [5.41, 5.74) is 0.819. The van der Waals surface area contributed by atoms with Gasteiger partial charge in [0.15, 0.2) is 0 Å². The quantitative estimate of drug-likeness (QED) is 0.741. The van der Waals surface area contributed by atoms with Crippen molar-refractivity contribution in [2.24, 2.45) is 10.2 Å². The Hall–Kier alpha value is -1.19. The Bertz CT molecular complexity index is 468. The smallest absolute Gasteiger partial charge is 0.266 e. The topological polar surface area (TPSA) is 41.8 Å². The van der Waals surface area contributed by atoms with E-state index in [-0.39, 0.29) is 0 Å². The van der Waals surface area contributed by atoms with Gasteiger partial charge in [0.25, 0.3) is 5.91 Å². The summed E-state index contributed by atoms with van der Waals surface area (Å²) in [7, 11) is 0. The third-order valence-electron chi connectivity index (χ3n) is 1.96. The second-order valence-corrected chi connectivity index (χ2v) is 3.91. The number of nitrogens with zero attached hydrogens (tertiary/aromatic N) is 2. The molecule has 1 amide bonds. The van der Waals surface area contributed by atoms with E-state index in [9.17, 15) is 4.79 Å². The van der Waals surface area contributed by atoms with Gasteiger partial charge in [0.2, 0.25) is 0 Å². The monoisotopic (exact) mass is 240 g/mol. The number of azo groups is 1. The minimum atomic E-state index is -0.432. The van der Waals surface area contributed by atoms with E-state index in [1.807, 2.05) is 6.07 Å². The van der Waals surface area contributed by atoms with Gasteiger partial charge in [-0.15, -0.1) is 5.11 Å². The van der Waals surface area contributed by atoms with E-state index in [4.69, 9.17) is 23.2 Å². The first kappa shape index (κ1) is 10.3. The first-order valence-electron chi connectivity index (χ1n) is 4.24. The van der Waals surface area contributed by atoms with Gasteiger partial charge in [0, 0.05) is 11.1 Å². The Morgan fingerprint density at radius 3 is 2.73 bits per heavy atom. The third-order valence-corrected chi connectivity index (χ3v) is 2.51. The van der Waals surface area contributed by atoms with E-state index >= 15 is 0 Å². The Morgan fingerprint density at radius 1 is 1.27 bits per heavy atom. The van der Waals surface area contributed by atoms with Gasteiger partial charge in [0.05, 0.1) is 5.03 Å². The molecule has 0 saturated carbocycles. The standard InChI is InChI=1S/C10H6Cl2N2O/c11-7-3-1-2-6(4-7)10-8(12)5-9(15)13-14-10/h1-5,10H/t10-/m1/s1. The van der Waals surface area contributed by atoms with Crippen molar-refractivity contribution in [1.82, 2.24) is 0 Å². The van der Waals surface area contributed by atoms with Crippen molar-refractivity contribution >= 4 is 29.1 Å². The van der Waals surface area contributed by atoms with Gasteiger partial charge in [-0.2, -0.15) is 5.11 Å². The molecule has 0 spiro atoms. The largest absolute Gasteiger partial charge is 0.289 e. The van der Waals surface area contributed by atoms with Gasteiger partial charge in [0.1, 0.15) is 6.04 Å². The van der Waals surface area contributed by atoms with Crippen LogP contribution < -0.4 is 0 Å². The highest BCUT2D eigenvalue weighted by molar-refractivity contribution is 6.32. The molecule has 0 aliphatic carbocycles. The van der Waals surface area contributed by atoms with Crippen LogP contribution in [0.3, 0.4) is 0 Å². The number of hydrogen-bond acceptors (Lipinski definition) is 2. The van der Waals surface area contributed by atoms with Crippen molar-refractivity contribution in [3.8, 4) is 0 Å². The second kappa shape index (κ2) is 4.13.